The molecule has 0 amide bonds. The van der Waals surface area contributed by atoms with Crippen LogP contribution in [0.2, 0.25) is 0 Å². The molecule has 4 heteroatoms. The Balaban J connectivity index is 2.28. The number of carbonyl (C=O) groups is 1. The maximum Gasteiger partial charge on any atom is 0.153 e. The molecule has 3 rings (SSSR count). The first-order valence-corrected chi connectivity index (χ1v) is 5.11. The molecule has 0 aliphatic carbocycles. The summed E-state index contributed by atoms with van der Waals surface area (Å²) in [4.78, 5) is 19.2. The molecule has 0 bridgehead atoms. The van der Waals surface area contributed by atoms with E-state index in [0.29, 0.717) is 11.1 Å². The van der Waals surface area contributed by atoms with E-state index in [1.165, 1.54) is 0 Å². The highest BCUT2D eigenvalue weighted by atomic mass is 16.3. The minimum absolute atomic E-state index is 0.521. The van der Waals surface area contributed by atoms with Gasteiger partial charge in [-0.1, -0.05) is 0 Å². The number of aromatic nitrogens is 2. The number of fused-ring (bicyclic) bond motifs is 1. The maximum absolute atomic E-state index is 11.0. The van der Waals surface area contributed by atoms with Crippen LogP contribution in [0.4, 0.5) is 0 Å². The summed E-state index contributed by atoms with van der Waals surface area (Å²) >= 11 is 0. The Morgan fingerprint density at radius 1 is 1.24 bits per heavy atom. The SMILES string of the molecule is O=Cc1cc(-c2cnccn2)cc2ccoc12. The number of carbonyl (C=O) groups excluding carboxylic acids is 1. The molecule has 3 aromatic rings. The monoisotopic (exact) mass is 224 g/mol. The van der Waals surface area contributed by atoms with E-state index in [2.05, 4.69) is 9.97 Å². The zero-order valence-corrected chi connectivity index (χ0v) is 8.83. The van der Waals surface area contributed by atoms with Crippen molar-refractivity contribution in [2.45, 2.75) is 0 Å². The van der Waals surface area contributed by atoms with E-state index in [-0.39, 0.29) is 0 Å². The van der Waals surface area contributed by atoms with Crippen LogP contribution in [0.3, 0.4) is 0 Å². The predicted molar refractivity (Wildman–Crippen MR) is 62.6 cm³/mol. The second-order valence-corrected chi connectivity index (χ2v) is 3.61. The molecule has 82 valence electrons. The quantitative estimate of drug-likeness (QED) is 0.628. The third-order valence-corrected chi connectivity index (χ3v) is 2.57. The summed E-state index contributed by atoms with van der Waals surface area (Å²) in [5, 5.41) is 0.884. The summed E-state index contributed by atoms with van der Waals surface area (Å²) in [7, 11) is 0. The molecule has 2 heterocycles. The number of furan rings is 1. The molecule has 0 aliphatic heterocycles. The van der Waals surface area contributed by atoms with Crippen molar-refractivity contribution < 1.29 is 9.21 Å². The fourth-order valence-corrected chi connectivity index (χ4v) is 1.79. The van der Waals surface area contributed by atoms with Crippen LogP contribution in [0.15, 0.2) is 47.5 Å². The first kappa shape index (κ1) is 9.72. The summed E-state index contributed by atoms with van der Waals surface area (Å²) in [5.74, 6) is 0. The van der Waals surface area contributed by atoms with Crippen molar-refractivity contribution in [1.82, 2.24) is 9.97 Å². The first-order chi connectivity index (χ1) is 8.38. The predicted octanol–water partition coefficient (Wildman–Crippen LogP) is 2.70. The molecule has 0 atom stereocenters. The zero-order chi connectivity index (χ0) is 11.7. The Hall–Kier alpha value is -2.49. The average molecular weight is 224 g/mol. The number of benzene rings is 1. The summed E-state index contributed by atoms with van der Waals surface area (Å²) in [6, 6.07) is 5.50. The highest BCUT2D eigenvalue weighted by Crippen LogP contribution is 2.26. The standard InChI is InChI=1S/C13H8N2O2/c16-8-11-6-10(12-7-14-2-3-15-12)5-9-1-4-17-13(9)11/h1-8H. The third-order valence-electron chi connectivity index (χ3n) is 2.57. The highest BCUT2D eigenvalue weighted by Gasteiger charge is 2.08. The minimum Gasteiger partial charge on any atom is -0.464 e. The summed E-state index contributed by atoms with van der Waals surface area (Å²) in [5.41, 5.74) is 2.72. The van der Waals surface area contributed by atoms with Crippen LogP contribution in [0.1, 0.15) is 10.4 Å². The van der Waals surface area contributed by atoms with E-state index in [1.54, 1.807) is 30.9 Å². The van der Waals surface area contributed by atoms with Crippen LogP contribution in [-0.4, -0.2) is 16.3 Å². The first-order valence-electron chi connectivity index (χ1n) is 5.11. The molecule has 0 aliphatic rings. The van der Waals surface area contributed by atoms with Gasteiger partial charge in [-0.3, -0.25) is 14.8 Å². The number of aldehydes is 1. The molecule has 1 aromatic carbocycles. The molecule has 0 N–H and O–H groups in total. The van der Waals surface area contributed by atoms with Crippen molar-refractivity contribution in [1.29, 1.82) is 0 Å². The van der Waals surface area contributed by atoms with Gasteiger partial charge in [0.25, 0.3) is 0 Å². The van der Waals surface area contributed by atoms with E-state index in [0.717, 1.165) is 22.9 Å². The van der Waals surface area contributed by atoms with Crippen molar-refractivity contribution in [3.63, 3.8) is 0 Å². The van der Waals surface area contributed by atoms with Gasteiger partial charge in [0.05, 0.1) is 23.7 Å². The molecule has 0 saturated heterocycles. The van der Waals surface area contributed by atoms with Crippen LogP contribution in [0.25, 0.3) is 22.2 Å². The van der Waals surface area contributed by atoms with E-state index >= 15 is 0 Å². The summed E-state index contributed by atoms with van der Waals surface area (Å²) in [6.07, 6.45) is 7.25. The summed E-state index contributed by atoms with van der Waals surface area (Å²) < 4.78 is 5.26. The molecular weight excluding hydrogens is 216 g/mol. The minimum atomic E-state index is 0.521. The Labute approximate surface area is 96.9 Å². The molecule has 0 saturated carbocycles. The molecule has 2 aromatic heterocycles. The second-order valence-electron chi connectivity index (χ2n) is 3.61. The van der Waals surface area contributed by atoms with E-state index < -0.39 is 0 Å². The van der Waals surface area contributed by atoms with Gasteiger partial charge in [-0.15, -0.1) is 0 Å². The lowest BCUT2D eigenvalue weighted by Gasteiger charge is -2.01. The molecule has 4 nitrogen and oxygen atoms in total. The molecule has 17 heavy (non-hydrogen) atoms. The van der Waals surface area contributed by atoms with Gasteiger partial charge < -0.3 is 4.42 Å². The Morgan fingerprint density at radius 2 is 2.18 bits per heavy atom. The number of hydrogen-bond donors (Lipinski definition) is 0. The van der Waals surface area contributed by atoms with Crippen molar-refractivity contribution in [3.05, 3.63) is 48.6 Å². The molecule has 0 unspecified atom stereocenters. The van der Waals surface area contributed by atoms with Gasteiger partial charge in [0.2, 0.25) is 0 Å². The molecule has 0 spiro atoms. The number of rotatable bonds is 2. The molecular formula is C13H8N2O2. The Kier molecular flexibility index (Phi) is 2.19. The van der Waals surface area contributed by atoms with Crippen LogP contribution < -0.4 is 0 Å². The van der Waals surface area contributed by atoms with Gasteiger partial charge in [0, 0.05) is 23.3 Å². The lowest BCUT2D eigenvalue weighted by atomic mass is 10.1. The van der Waals surface area contributed by atoms with E-state index in [9.17, 15) is 4.79 Å². The van der Waals surface area contributed by atoms with Gasteiger partial charge in [-0.25, -0.2) is 0 Å². The molecule has 0 fully saturated rings. The van der Waals surface area contributed by atoms with Gasteiger partial charge >= 0.3 is 0 Å². The van der Waals surface area contributed by atoms with Crippen LogP contribution in [0.5, 0.6) is 0 Å². The topological polar surface area (TPSA) is 56.0 Å². The van der Waals surface area contributed by atoms with Gasteiger partial charge in [-0.2, -0.15) is 0 Å². The third kappa shape index (κ3) is 1.59. The van der Waals surface area contributed by atoms with Crippen LogP contribution >= 0.6 is 0 Å². The average Bonchev–Trinajstić information content (AvgIpc) is 2.86. The van der Waals surface area contributed by atoms with Gasteiger partial charge in [0.15, 0.2) is 6.29 Å². The Morgan fingerprint density at radius 3 is 2.94 bits per heavy atom. The highest BCUT2D eigenvalue weighted by molar-refractivity contribution is 5.97. The van der Waals surface area contributed by atoms with Crippen LogP contribution in [0, 0.1) is 0 Å². The van der Waals surface area contributed by atoms with E-state index in [1.807, 2.05) is 12.1 Å². The Bertz CT molecular complexity index is 674. The van der Waals surface area contributed by atoms with E-state index in [4.69, 9.17) is 4.42 Å². The summed E-state index contributed by atoms with van der Waals surface area (Å²) in [6.45, 7) is 0. The van der Waals surface area contributed by atoms with Crippen molar-refractivity contribution in [2.24, 2.45) is 0 Å². The lowest BCUT2D eigenvalue weighted by molar-refractivity contribution is 0.112. The largest absolute Gasteiger partial charge is 0.464 e. The molecule has 0 radical (unpaired) electrons. The van der Waals surface area contributed by atoms with Gasteiger partial charge in [-0.05, 0) is 18.2 Å². The lowest BCUT2D eigenvalue weighted by Crippen LogP contribution is -1.87. The number of hydrogen-bond acceptors (Lipinski definition) is 4. The fourth-order valence-electron chi connectivity index (χ4n) is 1.79. The maximum atomic E-state index is 11.0. The van der Waals surface area contributed by atoms with Crippen LogP contribution in [-0.2, 0) is 0 Å². The zero-order valence-electron chi connectivity index (χ0n) is 8.83. The normalized spacial score (nSPS) is 10.6. The smallest absolute Gasteiger partial charge is 0.153 e. The fraction of sp³-hybridized carbons (Fsp3) is 0. The second kappa shape index (κ2) is 3.83. The van der Waals surface area contributed by atoms with Gasteiger partial charge in [0.1, 0.15) is 5.58 Å². The van der Waals surface area contributed by atoms with Crippen molar-refractivity contribution in [3.8, 4) is 11.3 Å². The van der Waals surface area contributed by atoms with Crippen molar-refractivity contribution in [2.75, 3.05) is 0 Å². The number of nitrogens with zero attached hydrogens (tertiary/aromatic N) is 2. The van der Waals surface area contributed by atoms with Crippen molar-refractivity contribution >= 4 is 17.3 Å².